The molecule has 0 radical (unpaired) electrons. The van der Waals surface area contributed by atoms with Crippen LogP contribution in [0.5, 0.6) is 0 Å². The number of nitrogens with zero attached hydrogens (tertiary/aromatic N) is 2. The molecular weight excluding hydrogens is 1040 g/mol. The smallest absolute Gasteiger partial charge is 0.210 e. The summed E-state index contributed by atoms with van der Waals surface area (Å²) in [5, 5.41) is 0. The quantitative estimate of drug-likeness (QED) is 0.0358. The molecule has 0 aliphatic carbocycles. The maximum absolute atomic E-state index is 12.3. The first kappa shape index (κ1) is 76.9. The second-order valence-corrected chi connectivity index (χ2v) is 27.2. The van der Waals surface area contributed by atoms with Gasteiger partial charge in [-0.15, -0.1) is 0 Å². The Hall–Kier alpha value is -3.36. The minimum atomic E-state index is 0.900. The summed E-state index contributed by atoms with van der Waals surface area (Å²) in [6.07, 6.45) is 82.1. The highest BCUT2D eigenvalue weighted by molar-refractivity contribution is 5.79. The van der Waals surface area contributed by atoms with Crippen LogP contribution in [-0.2, 0) is 12.8 Å². The Labute approximate surface area is 537 Å². The molecule has 86 heavy (non-hydrogen) atoms. The van der Waals surface area contributed by atoms with Crippen molar-refractivity contribution < 1.29 is 4.70 Å². The Balaban J connectivity index is 1.43. The Bertz CT molecular complexity index is 2010. The van der Waals surface area contributed by atoms with E-state index in [1.807, 2.05) is 0 Å². The molecule has 0 spiro atoms. The van der Waals surface area contributed by atoms with Gasteiger partial charge in [-0.3, -0.25) is 0 Å². The molecule has 0 unspecified atom stereocenters. The number of allylic oxidation sites excluding steroid dienone is 2. The van der Waals surface area contributed by atoms with Crippen LogP contribution in [-0.4, -0.2) is 4.70 Å². The van der Waals surface area contributed by atoms with E-state index in [0.717, 1.165) is 78.6 Å². The maximum Gasteiger partial charge on any atom is 0.210 e. The molecule has 1 aliphatic heterocycles. The lowest BCUT2D eigenvalue weighted by molar-refractivity contribution is -0.344. The van der Waals surface area contributed by atoms with Gasteiger partial charge >= 0.3 is 0 Å². The number of aryl methyl sites for hydroxylation is 2. The van der Waals surface area contributed by atoms with Crippen molar-refractivity contribution in [1.82, 2.24) is 0 Å². The standard InChI is InChI=1S/C84H140N2/c1-6-11-16-18-20-22-24-26-28-30-32-34-36-38-40-42-44-46-48-50-52-54-56-58-60-62-66-78-70-79(67-63-61-59-57-55-53-51-49-47-45-43-41-39-37-35-33-31-29-27-25-23-21-19-17-12-7-2)74-82(73-78)84-80(68-15-10-5)75-83(86(84)85)81-71-76(64-13-8-3)69-77(72-81)65-14-9-4/h69-75H,6-61,64-65,68H2,1-5H3. The van der Waals surface area contributed by atoms with E-state index in [0.29, 0.717) is 0 Å². The van der Waals surface area contributed by atoms with Gasteiger partial charge in [0.15, 0.2) is 0 Å². The van der Waals surface area contributed by atoms with E-state index in [1.165, 1.54) is 355 Å². The molecular formula is C84H140N2. The van der Waals surface area contributed by atoms with Gasteiger partial charge in [-0.2, -0.15) is 0 Å². The van der Waals surface area contributed by atoms with Crippen LogP contribution in [0.3, 0.4) is 0 Å². The van der Waals surface area contributed by atoms with Gasteiger partial charge in [0.25, 0.3) is 0 Å². The van der Waals surface area contributed by atoms with Gasteiger partial charge in [-0.25, -0.2) is 4.70 Å². The average molecular weight is 1180 g/mol. The van der Waals surface area contributed by atoms with Gasteiger partial charge in [0, 0.05) is 46.7 Å². The van der Waals surface area contributed by atoms with E-state index < -0.39 is 0 Å². The summed E-state index contributed by atoms with van der Waals surface area (Å²) in [5.74, 6) is 14.4. The molecule has 0 fully saturated rings. The van der Waals surface area contributed by atoms with Crippen molar-refractivity contribution in [3.05, 3.63) is 87.0 Å². The van der Waals surface area contributed by atoms with Crippen molar-refractivity contribution in [2.24, 2.45) is 0 Å². The molecule has 0 atom stereocenters. The molecule has 2 aromatic carbocycles. The van der Waals surface area contributed by atoms with Gasteiger partial charge < -0.3 is 5.53 Å². The highest BCUT2D eigenvalue weighted by atomic mass is 15.2. The SMILES string of the molecule is CCCCCCCCCCCCCCCCCCCCCCCCCCC#Cc1cc(C#CCCCCCCCCCCCCCCCCCCCCCCCCCC)cc(C2=C(CCCC)C=C(c3cc(CCCC)cc(CCCC)c3)[N+]2=[N-])c1. The molecule has 0 saturated heterocycles. The van der Waals surface area contributed by atoms with E-state index >= 15 is 0 Å². The van der Waals surface area contributed by atoms with E-state index in [-0.39, 0.29) is 0 Å². The Morgan fingerprint density at radius 2 is 0.547 bits per heavy atom. The fraction of sp³-hybridized carbons (Fsp3) is 0.762. The summed E-state index contributed by atoms with van der Waals surface area (Å²) in [6.45, 7) is 11.4. The maximum atomic E-state index is 12.3. The van der Waals surface area contributed by atoms with Crippen molar-refractivity contribution in [1.29, 1.82) is 0 Å². The molecule has 0 aromatic heterocycles. The van der Waals surface area contributed by atoms with Crippen LogP contribution in [0.2, 0.25) is 0 Å². The number of benzene rings is 2. The van der Waals surface area contributed by atoms with Crippen LogP contribution >= 0.6 is 0 Å². The van der Waals surface area contributed by atoms with Gasteiger partial charge in [-0.05, 0) is 92.8 Å². The fourth-order valence-electron chi connectivity index (χ4n) is 13.2. The van der Waals surface area contributed by atoms with Crippen molar-refractivity contribution >= 4 is 11.4 Å². The Kier molecular flexibility index (Phi) is 50.8. The summed E-state index contributed by atoms with van der Waals surface area (Å²) < 4.78 is 1.51. The van der Waals surface area contributed by atoms with E-state index in [2.05, 4.69) is 101 Å². The monoisotopic (exact) mass is 1180 g/mol. The van der Waals surface area contributed by atoms with Gasteiger partial charge in [0.1, 0.15) is 0 Å². The predicted octanol–water partition coefficient (Wildman–Crippen LogP) is 28.6. The zero-order valence-electron chi connectivity index (χ0n) is 58.2. The van der Waals surface area contributed by atoms with Crippen LogP contribution in [0.1, 0.15) is 434 Å². The lowest BCUT2D eigenvalue weighted by Gasteiger charge is -2.13. The molecule has 0 bridgehead atoms. The van der Waals surface area contributed by atoms with Crippen molar-refractivity contribution in [2.75, 3.05) is 0 Å². The van der Waals surface area contributed by atoms with Crippen LogP contribution < -0.4 is 0 Å². The lowest BCUT2D eigenvalue weighted by Crippen LogP contribution is -2.04. The fourth-order valence-corrected chi connectivity index (χ4v) is 13.2. The van der Waals surface area contributed by atoms with Crippen LogP contribution in [0.15, 0.2) is 48.0 Å². The van der Waals surface area contributed by atoms with Crippen LogP contribution in [0.4, 0.5) is 0 Å². The lowest BCUT2D eigenvalue weighted by atomic mass is 9.97. The minimum absolute atomic E-state index is 0.900. The topological polar surface area (TPSA) is 25.3 Å². The normalized spacial score (nSPS) is 12.3. The van der Waals surface area contributed by atoms with Gasteiger partial charge in [0.2, 0.25) is 11.4 Å². The molecule has 486 valence electrons. The summed E-state index contributed by atoms with van der Waals surface area (Å²) in [5.41, 5.74) is 22.3. The van der Waals surface area contributed by atoms with Crippen LogP contribution in [0.25, 0.3) is 16.9 Å². The first-order chi connectivity index (χ1) is 42.5. The molecule has 0 amide bonds. The van der Waals surface area contributed by atoms with E-state index in [1.54, 1.807) is 0 Å². The zero-order chi connectivity index (χ0) is 61.3. The predicted molar refractivity (Wildman–Crippen MR) is 384 cm³/mol. The first-order valence-corrected chi connectivity index (χ1v) is 38.7. The number of hydrogen-bond donors (Lipinski definition) is 0. The Morgan fingerprint density at radius 1 is 0.279 bits per heavy atom. The van der Waals surface area contributed by atoms with Gasteiger partial charge in [-0.1, -0.05) is 379 Å². The Morgan fingerprint density at radius 3 is 0.837 bits per heavy atom. The third-order valence-corrected chi connectivity index (χ3v) is 18.8. The number of hydrogen-bond acceptors (Lipinski definition) is 0. The summed E-state index contributed by atoms with van der Waals surface area (Å²) in [7, 11) is 0. The molecule has 0 N–H and O–H groups in total. The summed E-state index contributed by atoms with van der Waals surface area (Å²) in [6, 6.07) is 13.8. The molecule has 0 saturated carbocycles. The summed E-state index contributed by atoms with van der Waals surface area (Å²) >= 11 is 0. The van der Waals surface area contributed by atoms with Gasteiger partial charge in [0.05, 0.1) is 0 Å². The minimum Gasteiger partial charge on any atom is -0.493 e. The number of rotatable bonds is 59. The summed E-state index contributed by atoms with van der Waals surface area (Å²) in [4.78, 5) is 0. The average Bonchev–Trinajstić information content (AvgIpc) is 2.39. The van der Waals surface area contributed by atoms with E-state index in [4.69, 9.17) is 0 Å². The third-order valence-electron chi connectivity index (χ3n) is 18.8. The first-order valence-electron chi connectivity index (χ1n) is 38.7. The highest BCUT2D eigenvalue weighted by Crippen LogP contribution is 2.39. The molecule has 2 heteroatoms. The largest absolute Gasteiger partial charge is 0.493 e. The second kappa shape index (κ2) is 56.8. The molecule has 3 rings (SSSR count). The van der Waals surface area contributed by atoms with Crippen molar-refractivity contribution in [2.45, 2.75) is 413 Å². The van der Waals surface area contributed by atoms with Crippen molar-refractivity contribution in [3.8, 4) is 23.7 Å². The van der Waals surface area contributed by atoms with E-state index in [9.17, 15) is 5.53 Å². The second-order valence-electron chi connectivity index (χ2n) is 27.2. The highest BCUT2D eigenvalue weighted by Gasteiger charge is 2.30. The van der Waals surface area contributed by atoms with Crippen molar-refractivity contribution in [3.63, 3.8) is 0 Å². The molecule has 2 aromatic rings. The van der Waals surface area contributed by atoms with Crippen LogP contribution in [0, 0.1) is 23.7 Å². The molecule has 1 aliphatic rings. The molecule has 1 heterocycles. The third kappa shape index (κ3) is 40.3. The number of unbranched alkanes of at least 4 members (excludes halogenated alkanes) is 51. The zero-order valence-corrected chi connectivity index (χ0v) is 58.2. The molecule has 2 nitrogen and oxygen atoms in total.